The Hall–Kier alpha value is -3.42. The number of aryl methyl sites for hydroxylation is 1. The average molecular weight is 522 g/mol. The van der Waals surface area contributed by atoms with Gasteiger partial charge in [-0.25, -0.2) is 0 Å². The van der Waals surface area contributed by atoms with Gasteiger partial charge in [0.15, 0.2) is 0 Å². The minimum absolute atomic E-state index is 0.0342. The summed E-state index contributed by atoms with van der Waals surface area (Å²) in [5, 5.41) is 0.654. The van der Waals surface area contributed by atoms with Crippen molar-refractivity contribution in [2.45, 2.75) is 31.9 Å². The first kappa shape index (κ1) is 26.6. The van der Waals surface area contributed by atoms with Crippen LogP contribution in [0.4, 0.5) is 0 Å². The Kier molecular flexibility index (Phi) is 8.79. The predicted molar refractivity (Wildman–Crippen MR) is 142 cm³/mol. The second-order valence-corrected chi connectivity index (χ2v) is 9.90. The summed E-state index contributed by atoms with van der Waals surface area (Å²) in [5.41, 5.74) is 1.79. The summed E-state index contributed by atoms with van der Waals surface area (Å²) in [6, 6.07) is 18.9. The van der Waals surface area contributed by atoms with E-state index in [0.29, 0.717) is 30.5 Å². The summed E-state index contributed by atoms with van der Waals surface area (Å²) in [7, 11) is 1.78. The lowest BCUT2D eigenvalue weighted by Crippen LogP contribution is -2.58. The summed E-state index contributed by atoms with van der Waals surface area (Å²) in [5.74, 6) is 0.517. The number of rotatable bonds is 9. The van der Waals surface area contributed by atoms with E-state index in [2.05, 4.69) is 4.98 Å². The molecule has 0 saturated carbocycles. The molecule has 0 N–H and O–H groups in total. The summed E-state index contributed by atoms with van der Waals surface area (Å²) in [4.78, 5) is 34.1. The molecule has 1 saturated heterocycles. The van der Waals surface area contributed by atoms with Crippen LogP contribution in [0, 0.1) is 6.92 Å². The van der Waals surface area contributed by atoms with Gasteiger partial charge in [0.2, 0.25) is 11.8 Å². The van der Waals surface area contributed by atoms with Crippen molar-refractivity contribution in [1.82, 2.24) is 14.8 Å². The number of ether oxygens (including phenoxy) is 2. The molecule has 1 aromatic heterocycles. The van der Waals surface area contributed by atoms with E-state index in [9.17, 15) is 9.59 Å². The van der Waals surface area contributed by atoms with Gasteiger partial charge in [0.25, 0.3) is 0 Å². The number of nitrogens with zero attached hydrogens (tertiary/aromatic N) is 3. The Morgan fingerprint density at radius 3 is 2.65 bits per heavy atom. The molecule has 2 aromatic carbocycles. The van der Waals surface area contributed by atoms with E-state index < -0.39 is 5.60 Å². The fourth-order valence-electron chi connectivity index (χ4n) is 4.37. The first-order valence-electron chi connectivity index (χ1n) is 12.3. The molecule has 7 nitrogen and oxygen atoms in total. The van der Waals surface area contributed by atoms with Gasteiger partial charge in [-0.15, -0.1) is 0 Å². The number of pyridine rings is 1. The second kappa shape index (κ2) is 12.2. The molecular weight excluding hydrogens is 490 g/mol. The lowest BCUT2D eigenvalue weighted by atomic mass is 9.96. The highest BCUT2D eigenvalue weighted by atomic mass is 35.5. The fourth-order valence-corrected chi connectivity index (χ4v) is 4.49. The summed E-state index contributed by atoms with van der Waals surface area (Å²) in [6.07, 6.45) is 3.70. The first-order valence-corrected chi connectivity index (χ1v) is 12.7. The van der Waals surface area contributed by atoms with Gasteiger partial charge in [-0.3, -0.25) is 14.6 Å². The zero-order valence-electron chi connectivity index (χ0n) is 21.2. The number of carbonyl (C=O) groups excluding carboxylic acids is 2. The number of hydrogen-bond donors (Lipinski definition) is 0. The number of aromatic nitrogens is 1. The molecule has 1 aliphatic heterocycles. The Morgan fingerprint density at radius 2 is 1.92 bits per heavy atom. The van der Waals surface area contributed by atoms with Crippen LogP contribution in [0.1, 0.15) is 23.1 Å². The van der Waals surface area contributed by atoms with Crippen molar-refractivity contribution in [3.8, 4) is 5.75 Å². The highest BCUT2D eigenvalue weighted by molar-refractivity contribution is 6.31. The third-order valence-electron chi connectivity index (χ3n) is 6.47. The minimum Gasteiger partial charge on any atom is -0.490 e. The van der Waals surface area contributed by atoms with Crippen LogP contribution in [-0.4, -0.2) is 65.6 Å². The molecular formula is C29H32ClN3O4. The van der Waals surface area contributed by atoms with Gasteiger partial charge in [0.1, 0.15) is 18.0 Å². The maximum absolute atomic E-state index is 13.4. The average Bonchev–Trinajstić information content (AvgIpc) is 2.90. The van der Waals surface area contributed by atoms with E-state index in [1.54, 1.807) is 41.4 Å². The summed E-state index contributed by atoms with van der Waals surface area (Å²) < 4.78 is 12.4. The topological polar surface area (TPSA) is 72.0 Å². The molecule has 0 bridgehead atoms. The van der Waals surface area contributed by atoms with Crippen LogP contribution in [0.5, 0.6) is 5.75 Å². The van der Waals surface area contributed by atoms with Crippen LogP contribution in [0.3, 0.4) is 0 Å². The van der Waals surface area contributed by atoms with Gasteiger partial charge >= 0.3 is 0 Å². The van der Waals surface area contributed by atoms with Crippen LogP contribution in [0.2, 0.25) is 5.02 Å². The van der Waals surface area contributed by atoms with E-state index in [4.69, 9.17) is 21.1 Å². The Bertz CT molecular complexity index is 1210. The van der Waals surface area contributed by atoms with Crippen LogP contribution in [-0.2, 0) is 27.3 Å². The van der Waals surface area contributed by atoms with E-state index in [-0.39, 0.29) is 37.8 Å². The van der Waals surface area contributed by atoms with E-state index in [1.807, 2.05) is 55.5 Å². The molecule has 3 aromatic rings. The molecule has 0 spiro atoms. The van der Waals surface area contributed by atoms with Gasteiger partial charge < -0.3 is 19.3 Å². The van der Waals surface area contributed by atoms with Gasteiger partial charge in [-0.05, 0) is 47.9 Å². The smallest absolute Gasteiger partial charge is 0.227 e. The lowest BCUT2D eigenvalue weighted by molar-refractivity contribution is -0.165. The monoisotopic (exact) mass is 521 g/mol. The van der Waals surface area contributed by atoms with E-state index >= 15 is 0 Å². The van der Waals surface area contributed by atoms with Crippen molar-refractivity contribution >= 4 is 23.4 Å². The molecule has 1 atom stereocenters. The minimum atomic E-state index is -0.988. The van der Waals surface area contributed by atoms with Crippen molar-refractivity contribution in [3.63, 3.8) is 0 Å². The third-order valence-corrected chi connectivity index (χ3v) is 6.90. The largest absolute Gasteiger partial charge is 0.490 e. The van der Waals surface area contributed by atoms with Crippen LogP contribution < -0.4 is 4.74 Å². The zero-order valence-corrected chi connectivity index (χ0v) is 22.0. The number of carbonyl (C=O) groups is 2. The van der Waals surface area contributed by atoms with Gasteiger partial charge in [0.05, 0.1) is 26.0 Å². The van der Waals surface area contributed by atoms with Gasteiger partial charge in [-0.1, -0.05) is 48.0 Å². The molecule has 37 heavy (non-hydrogen) atoms. The van der Waals surface area contributed by atoms with Crippen molar-refractivity contribution in [2.24, 2.45) is 0 Å². The standard InChI is InChI=1S/C29H32ClN3O4/c1-22-15-25(10-11-26(22)30)36-21-29(17-28(35)32(2)19-23-7-4-3-5-8-23)20-33(13-14-37-29)27(34)16-24-9-6-12-31-18-24/h3-12,15,18H,13-14,16-17,19-21H2,1-2H3/t29-/m1/s1. The molecule has 0 aliphatic carbocycles. The number of hydrogen-bond acceptors (Lipinski definition) is 5. The van der Waals surface area contributed by atoms with Gasteiger partial charge in [0, 0.05) is 37.6 Å². The molecule has 0 radical (unpaired) electrons. The molecule has 0 unspecified atom stereocenters. The van der Waals surface area contributed by atoms with E-state index in [1.165, 1.54) is 0 Å². The zero-order chi connectivity index (χ0) is 26.3. The molecule has 1 fully saturated rings. The number of benzene rings is 2. The molecule has 194 valence electrons. The summed E-state index contributed by atoms with van der Waals surface area (Å²) >= 11 is 6.17. The molecule has 4 rings (SSSR count). The third kappa shape index (κ3) is 7.31. The maximum atomic E-state index is 13.4. The van der Waals surface area contributed by atoms with Gasteiger partial charge in [-0.2, -0.15) is 0 Å². The summed E-state index contributed by atoms with van der Waals surface area (Å²) in [6.45, 7) is 3.53. The second-order valence-electron chi connectivity index (χ2n) is 9.50. The van der Waals surface area contributed by atoms with Crippen LogP contribution >= 0.6 is 11.6 Å². The predicted octanol–water partition coefficient (Wildman–Crippen LogP) is 4.31. The quantitative estimate of drug-likeness (QED) is 0.419. The Morgan fingerprint density at radius 1 is 1.14 bits per heavy atom. The maximum Gasteiger partial charge on any atom is 0.227 e. The molecule has 8 heteroatoms. The Labute approximate surface area is 223 Å². The highest BCUT2D eigenvalue weighted by Gasteiger charge is 2.42. The lowest BCUT2D eigenvalue weighted by Gasteiger charge is -2.42. The first-order chi connectivity index (χ1) is 17.8. The van der Waals surface area contributed by atoms with E-state index in [0.717, 1.165) is 16.7 Å². The number of morpholine rings is 1. The number of amides is 2. The van der Waals surface area contributed by atoms with Crippen molar-refractivity contribution < 1.29 is 19.1 Å². The highest BCUT2D eigenvalue weighted by Crippen LogP contribution is 2.27. The van der Waals surface area contributed by atoms with Crippen molar-refractivity contribution in [3.05, 3.63) is 94.8 Å². The Balaban J connectivity index is 1.50. The van der Waals surface area contributed by atoms with Crippen molar-refractivity contribution in [1.29, 1.82) is 0 Å². The number of halogens is 1. The molecule has 2 amide bonds. The van der Waals surface area contributed by atoms with Crippen molar-refractivity contribution in [2.75, 3.05) is 33.4 Å². The van der Waals surface area contributed by atoms with Crippen LogP contribution in [0.15, 0.2) is 73.1 Å². The normalized spacial score (nSPS) is 17.3. The fraction of sp³-hybridized carbons (Fsp3) is 0.345. The molecule has 2 heterocycles. The molecule has 1 aliphatic rings. The van der Waals surface area contributed by atoms with Crippen LogP contribution in [0.25, 0.3) is 0 Å². The SMILES string of the molecule is Cc1cc(OC[C@@]2(CC(=O)N(C)Cc3ccccc3)CN(C(=O)Cc3cccnc3)CCO2)ccc1Cl.